The van der Waals surface area contributed by atoms with Crippen molar-refractivity contribution >= 4 is 29.4 Å². The Morgan fingerprint density at radius 2 is 2.10 bits per heavy atom. The molecule has 5 heteroatoms. The summed E-state index contributed by atoms with van der Waals surface area (Å²) in [6.07, 6.45) is 3.74. The van der Waals surface area contributed by atoms with E-state index in [9.17, 15) is 4.79 Å². The molecule has 1 aromatic heterocycles. The molecule has 20 heavy (non-hydrogen) atoms. The molecular weight excluding hydrogens is 272 g/mol. The van der Waals surface area contributed by atoms with Gasteiger partial charge in [0.25, 0.3) is 5.91 Å². The molecule has 1 aliphatic rings. The number of thioether (sulfide) groups is 1. The minimum absolute atomic E-state index is 0.0764. The van der Waals surface area contributed by atoms with Gasteiger partial charge in [0.15, 0.2) is 0 Å². The molecule has 102 valence electrons. The first-order valence-electron chi connectivity index (χ1n) is 6.34. The van der Waals surface area contributed by atoms with E-state index in [1.807, 2.05) is 53.2 Å². The number of aromatic nitrogens is 1. The maximum Gasteiger partial charge on any atom is 0.262 e. The molecule has 0 fully saturated rings. The van der Waals surface area contributed by atoms with Crippen molar-refractivity contribution in [2.24, 2.45) is 0 Å². The second kappa shape index (κ2) is 5.56. The molecule has 0 aliphatic carbocycles. The number of nitrogens with one attached hydrogen (secondary N) is 1. The van der Waals surface area contributed by atoms with Gasteiger partial charge in [-0.05, 0) is 30.3 Å². The summed E-state index contributed by atoms with van der Waals surface area (Å²) in [5.74, 6) is -0.0922. The molecule has 2 aromatic rings. The van der Waals surface area contributed by atoms with Crippen LogP contribution < -0.4 is 5.32 Å². The van der Waals surface area contributed by atoms with Crippen molar-refractivity contribution in [2.75, 3.05) is 11.9 Å². The van der Waals surface area contributed by atoms with Crippen molar-refractivity contribution in [3.8, 4) is 0 Å². The first-order chi connectivity index (χ1) is 9.78. The van der Waals surface area contributed by atoms with E-state index in [0.717, 1.165) is 16.3 Å². The Kier molecular flexibility index (Phi) is 3.62. The highest BCUT2D eigenvalue weighted by molar-refractivity contribution is 8.04. The molecule has 0 atom stereocenters. The van der Waals surface area contributed by atoms with Gasteiger partial charge in [-0.1, -0.05) is 23.9 Å². The summed E-state index contributed by atoms with van der Waals surface area (Å²) >= 11 is 1.46. The molecule has 2 N–H and O–H groups in total. The van der Waals surface area contributed by atoms with Crippen LogP contribution in [0.4, 0.5) is 5.69 Å². The number of aliphatic hydroxyl groups excluding tert-OH is 1. The SMILES string of the molecule is O=C1Nc2ccccc2S/C1=C\c1cccn1CCO. The number of carbonyl (C=O) groups excluding carboxylic acids is 1. The summed E-state index contributed by atoms with van der Waals surface area (Å²) in [5.41, 5.74) is 1.77. The number of para-hydroxylation sites is 1. The van der Waals surface area contributed by atoms with E-state index >= 15 is 0 Å². The summed E-state index contributed by atoms with van der Waals surface area (Å²) in [5, 5.41) is 11.9. The van der Waals surface area contributed by atoms with Gasteiger partial charge in [0.1, 0.15) is 0 Å². The fourth-order valence-electron chi connectivity index (χ4n) is 2.11. The molecule has 0 saturated carbocycles. The Morgan fingerprint density at radius 1 is 1.25 bits per heavy atom. The van der Waals surface area contributed by atoms with E-state index in [2.05, 4.69) is 5.32 Å². The summed E-state index contributed by atoms with van der Waals surface area (Å²) in [6, 6.07) is 11.6. The lowest BCUT2D eigenvalue weighted by Crippen LogP contribution is -2.17. The van der Waals surface area contributed by atoms with Crippen LogP contribution in [0.5, 0.6) is 0 Å². The highest BCUT2D eigenvalue weighted by Crippen LogP contribution is 2.38. The number of carbonyl (C=O) groups is 1. The number of amides is 1. The maximum absolute atomic E-state index is 12.1. The zero-order valence-corrected chi connectivity index (χ0v) is 11.6. The van der Waals surface area contributed by atoms with E-state index in [4.69, 9.17) is 5.11 Å². The standard InChI is InChI=1S/C15H14N2O2S/c18-9-8-17-7-3-4-11(17)10-14-15(19)16-12-5-1-2-6-13(12)20-14/h1-7,10,18H,8-9H2,(H,16,19)/b14-10-. The van der Waals surface area contributed by atoms with E-state index < -0.39 is 0 Å². The van der Waals surface area contributed by atoms with Crippen LogP contribution in [0.1, 0.15) is 5.69 Å². The Hall–Kier alpha value is -1.98. The number of rotatable bonds is 3. The summed E-state index contributed by atoms with van der Waals surface area (Å²) in [7, 11) is 0. The monoisotopic (exact) mass is 286 g/mol. The summed E-state index contributed by atoms with van der Waals surface area (Å²) in [4.78, 5) is 13.8. The minimum atomic E-state index is -0.0922. The highest BCUT2D eigenvalue weighted by atomic mass is 32.2. The highest BCUT2D eigenvalue weighted by Gasteiger charge is 2.20. The first kappa shape index (κ1) is 13.0. The molecule has 3 rings (SSSR count). The first-order valence-corrected chi connectivity index (χ1v) is 7.15. The lowest BCUT2D eigenvalue weighted by molar-refractivity contribution is -0.112. The number of aliphatic hydroxyl groups is 1. The Morgan fingerprint density at radius 3 is 2.95 bits per heavy atom. The second-order valence-electron chi connectivity index (χ2n) is 4.41. The smallest absolute Gasteiger partial charge is 0.262 e. The average molecular weight is 286 g/mol. The number of benzene rings is 1. The Labute approximate surface area is 121 Å². The fourth-order valence-corrected chi connectivity index (χ4v) is 3.04. The van der Waals surface area contributed by atoms with Gasteiger partial charge >= 0.3 is 0 Å². The molecule has 0 bridgehead atoms. The van der Waals surface area contributed by atoms with E-state index in [1.165, 1.54) is 11.8 Å². The third-order valence-corrected chi connectivity index (χ3v) is 4.16. The molecular formula is C15H14N2O2S. The summed E-state index contributed by atoms with van der Waals surface area (Å²) < 4.78 is 1.92. The van der Waals surface area contributed by atoms with Crippen LogP contribution in [0.3, 0.4) is 0 Å². The number of anilines is 1. The second-order valence-corrected chi connectivity index (χ2v) is 5.49. The van der Waals surface area contributed by atoms with Crippen LogP contribution in [0.2, 0.25) is 0 Å². The van der Waals surface area contributed by atoms with Crippen molar-refractivity contribution < 1.29 is 9.90 Å². The lowest BCUT2D eigenvalue weighted by Gasteiger charge is -2.18. The molecule has 4 nitrogen and oxygen atoms in total. The van der Waals surface area contributed by atoms with Crippen LogP contribution in [-0.2, 0) is 11.3 Å². The zero-order valence-electron chi connectivity index (χ0n) is 10.7. The van der Waals surface area contributed by atoms with E-state index in [-0.39, 0.29) is 12.5 Å². The fraction of sp³-hybridized carbons (Fsp3) is 0.133. The molecule has 0 unspecified atom stereocenters. The quantitative estimate of drug-likeness (QED) is 0.853. The van der Waals surface area contributed by atoms with Gasteiger partial charge in [-0.3, -0.25) is 4.79 Å². The van der Waals surface area contributed by atoms with Gasteiger partial charge < -0.3 is 15.0 Å². The lowest BCUT2D eigenvalue weighted by atomic mass is 10.3. The normalized spacial score (nSPS) is 16.1. The van der Waals surface area contributed by atoms with Crippen LogP contribution in [0.25, 0.3) is 6.08 Å². The topological polar surface area (TPSA) is 54.3 Å². The number of nitrogens with zero attached hydrogens (tertiary/aromatic N) is 1. The van der Waals surface area contributed by atoms with Crippen LogP contribution in [0, 0.1) is 0 Å². The van der Waals surface area contributed by atoms with Crippen molar-refractivity contribution in [1.82, 2.24) is 4.57 Å². The van der Waals surface area contributed by atoms with Gasteiger partial charge in [0, 0.05) is 23.3 Å². The molecule has 0 saturated heterocycles. The van der Waals surface area contributed by atoms with Gasteiger partial charge in [-0.15, -0.1) is 0 Å². The Balaban J connectivity index is 1.92. The zero-order chi connectivity index (χ0) is 13.9. The van der Waals surface area contributed by atoms with Gasteiger partial charge in [0.05, 0.1) is 17.2 Å². The number of hydrogen-bond donors (Lipinski definition) is 2. The molecule has 2 heterocycles. The molecule has 1 aliphatic heterocycles. The molecule has 0 radical (unpaired) electrons. The largest absolute Gasteiger partial charge is 0.395 e. The van der Waals surface area contributed by atoms with Crippen molar-refractivity contribution in [3.05, 3.63) is 53.2 Å². The third-order valence-electron chi connectivity index (χ3n) is 3.06. The van der Waals surface area contributed by atoms with Crippen molar-refractivity contribution in [2.45, 2.75) is 11.4 Å². The van der Waals surface area contributed by atoms with Crippen LogP contribution in [-0.4, -0.2) is 22.2 Å². The summed E-state index contributed by atoms with van der Waals surface area (Å²) in [6.45, 7) is 0.599. The molecule has 0 spiro atoms. The van der Waals surface area contributed by atoms with Gasteiger partial charge in [0.2, 0.25) is 0 Å². The van der Waals surface area contributed by atoms with Crippen molar-refractivity contribution in [3.63, 3.8) is 0 Å². The third kappa shape index (κ3) is 2.50. The van der Waals surface area contributed by atoms with Gasteiger partial charge in [-0.2, -0.15) is 0 Å². The number of fused-ring (bicyclic) bond motifs is 1. The minimum Gasteiger partial charge on any atom is -0.395 e. The Bertz CT molecular complexity index is 676. The maximum atomic E-state index is 12.1. The van der Waals surface area contributed by atoms with E-state index in [0.29, 0.717) is 11.4 Å². The van der Waals surface area contributed by atoms with Gasteiger partial charge in [-0.25, -0.2) is 0 Å². The predicted octanol–water partition coefficient (Wildman–Crippen LogP) is 2.57. The van der Waals surface area contributed by atoms with Crippen LogP contribution >= 0.6 is 11.8 Å². The molecule has 1 amide bonds. The molecule has 1 aromatic carbocycles. The average Bonchev–Trinajstić information content (AvgIpc) is 2.87. The van der Waals surface area contributed by atoms with Crippen molar-refractivity contribution in [1.29, 1.82) is 0 Å². The predicted molar refractivity (Wildman–Crippen MR) is 80.4 cm³/mol. The van der Waals surface area contributed by atoms with Crippen LogP contribution in [0.15, 0.2) is 52.4 Å². The number of hydrogen-bond acceptors (Lipinski definition) is 3. The van der Waals surface area contributed by atoms with E-state index in [1.54, 1.807) is 0 Å².